The average molecular weight is 362 g/mol. The maximum atomic E-state index is 13.3. The van der Waals surface area contributed by atoms with Crippen molar-refractivity contribution in [2.24, 2.45) is 10.9 Å². The molecule has 107 valence electrons. The molecule has 0 saturated heterocycles. The van der Waals surface area contributed by atoms with E-state index in [1.807, 2.05) is 13.0 Å². The first-order valence-corrected chi connectivity index (χ1v) is 7.68. The Morgan fingerprint density at radius 1 is 1.60 bits per heavy atom. The zero-order valence-electron chi connectivity index (χ0n) is 10.9. The lowest BCUT2D eigenvalue weighted by atomic mass is 9.87. The molecule has 1 radical (unpaired) electrons. The number of pyridine rings is 1. The van der Waals surface area contributed by atoms with Gasteiger partial charge in [0.25, 0.3) is 6.43 Å². The SMILES string of the molecule is COc1ncc(Br)cc1[C@@]1(C)N=[C]S[C@@]2(C(F)F)C[C@@H]12. The molecular weight excluding hydrogens is 350 g/mol. The normalized spacial score (nSPS) is 35.0. The van der Waals surface area contributed by atoms with E-state index in [9.17, 15) is 8.78 Å². The monoisotopic (exact) mass is 361 g/mol. The number of halogens is 3. The molecule has 0 spiro atoms. The number of ether oxygens (including phenoxy) is 1. The Hall–Kier alpha value is -0.690. The number of hydrogen-bond acceptors (Lipinski definition) is 4. The maximum Gasteiger partial charge on any atom is 0.253 e. The van der Waals surface area contributed by atoms with Crippen LogP contribution in [0.3, 0.4) is 0 Å². The van der Waals surface area contributed by atoms with Gasteiger partial charge in [0, 0.05) is 22.2 Å². The number of nitrogens with zero attached hydrogens (tertiary/aromatic N) is 2. The summed E-state index contributed by atoms with van der Waals surface area (Å²) in [6, 6.07) is 1.83. The van der Waals surface area contributed by atoms with Gasteiger partial charge >= 0.3 is 0 Å². The summed E-state index contributed by atoms with van der Waals surface area (Å²) in [5.74, 6) is 0.189. The highest BCUT2D eigenvalue weighted by molar-refractivity contribution is 9.10. The van der Waals surface area contributed by atoms with Crippen molar-refractivity contribution in [2.75, 3.05) is 7.11 Å². The van der Waals surface area contributed by atoms with Crippen LogP contribution in [0.15, 0.2) is 21.7 Å². The first-order valence-electron chi connectivity index (χ1n) is 6.07. The molecule has 20 heavy (non-hydrogen) atoms. The van der Waals surface area contributed by atoms with Crippen LogP contribution in [0.5, 0.6) is 5.88 Å². The molecule has 1 saturated carbocycles. The van der Waals surface area contributed by atoms with Crippen LogP contribution < -0.4 is 4.74 Å². The molecule has 0 amide bonds. The molecule has 1 aliphatic heterocycles. The van der Waals surface area contributed by atoms with E-state index in [1.54, 1.807) is 6.20 Å². The summed E-state index contributed by atoms with van der Waals surface area (Å²) in [7, 11) is 1.52. The first kappa shape index (κ1) is 14.3. The molecule has 2 heterocycles. The van der Waals surface area contributed by atoms with Crippen molar-refractivity contribution < 1.29 is 13.5 Å². The molecule has 2 aliphatic rings. The molecule has 1 aromatic rings. The molecular formula is C13H12BrF2N2OS. The van der Waals surface area contributed by atoms with Crippen molar-refractivity contribution >= 4 is 33.2 Å². The minimum Gasteiger partial charge on any atom is -0.481 e. The molecule has 0 bridgehead atoms. The van der Waals surface area contributed by atoms with Crippen molar-refractivity contribution in [3.8, 4) is 5.88 Å². The summed E-state index contributed by atoms with van der Waals surface area (Å²) >= 11 is 4.38. The van der Waals surface area contributed by atoms with Gasteiger partial charge in [-0.25, -0.2) is 13.8 Å². The number of aliphatic imine (C=N–C) groups is 1. The molecule has 3 atom stereocenters. The topological polar surface area (TPSA) is 34.5 Å². The Balaban J connectivity index is 2.08. The molecule has 1 fully saturated rings. The highest BCUT2D eigenvalue weighted by Crippen LogP contribution is 2.67. The average Bonchev–Trinajstić information content (AvgIpc) is 3.17. The molecule has 0 unspecified atom stereocenters. The zero-order chi connectivity index (χ0) is 14.5. The summed E-state index contributed by atoms with van der Waals surface area (Å²) in [4.78, 5) is 8.56. The van der Waals surface area contributed by atoms with E-state index >= 15 is 0 Å². The van der Waals surface area contributed by atoms with Crippen molar-refractivity contribution in [3.63, 3.8) is 0 Å². The van der Waals surface area contributed by atoms with E-state index in [1.165, 1.54) is 7.11 Å². The predicted octanol–water partition coefficient (Wildman–Crippen LogP) is 3.74. The van der Waals surface area contributed by atoms with Crippen molar-refractivity contribution in [1.82, 2.24) is 4.98 Å². The maximum absolute atomic E-state index is 13.3. The van der Waals surface area contributed by atoms with E-state index in [0.29, 0.717) is 12.3 Å². The van der Waals surface area contributed by atoms with Gasteiger partial charge in [0.15, 0.2) is 0 Å². The third-order valence-electron chi connectivity index (χ3n) is 4.07. The van der Waals surface area contributed by atoms with E-state index < -0.39 is 16.7 Å². The van der Waals surface area contributed by atoms with Crippen LogP contribution in [0.1, 0.15) is 18.9 Å². The molecule has 3 rings (SSSR count). The fourth-order valence-electron chi connectivity index (χ4n) is 2.81. The fraction of sp³-hybridized carbons (Fsp3) is 0.538. The summed E-state index contributed by atoms with van der Waals surface area (Å²) in [6.07, 6.45) is -0.340. The van der Waals surface area contributed by atoms with Crippen LogP contribution in [-0.4, -0.2) is 28.8 Å². The Bertz CT molecular complexity index is 585. The largest absolute Gasteiger partial charge is 0.481 e. The van der Waals surface area contributed by atoms with Crippen LogP contribution in [0.4, 0.5) is 8.78 Å². The van der Waals surface area contributed by atoms with Crippen molar-refractivity contribution in [2.45, 2.75) is 30.1 Å². The summed E-state index contributed by atoms with van der Waals surface area (Å²) < 4.78 is 31.6. The Morgan fingerprint density at radius 2 is 2.35 bits per heavy atom. The third kappa shape index (κ3) is 1.89. The van der Waals surface area contributed by atoms with Gasteiger partial charge in [-0.05, 0) is 35.3 Å². The Morgan fingerprint density at radius 3 is 3.00 bits per heavy atom. The standard InChI is InChI=1S/C13H12BrF2N2OS/c1-12(8-3-7(14)5-17-10(8)19-2)9-4-13(9,11(15)16)20-6-18-12/h3,5,9,11H,4H2,1-2H3/t9-,12+,13-/m0/s1. The number of fused-ring (bicyclic) bond motifs is 1. The third-order valence-corrected chi connectivity index (χ3v) is 5.70. The van der Waals surface area contributed by atoms with Crippen LogP contribution in [0, 0.1) is 5.92 Å². The van der Waals surface area contributed by atoms with Gasteiger partial charge in [-0.2, -0.15) is 0 Å². The summed E-state index contributed by atoms with van der Waals surface area (Å²) in [5, 5.41) is 0. The second-order valence-corrected chi connectivity index (χ2v) is 7.24. The lowest BCUT2D eigenvalue weighted by Gasteiger charge is -2.32. The number of hydrogen-bond donors (Lipinski definition) is 0. The molecule has 3 nitrogen and oxygen atoms in total. The molecule has 1 aromatic heterocycles. The van der Waals surface area contributed by atoms with E-state index in [0.717, 1.165) is 21.8 Å². The van der Waals surface area contributed by atoms with E-state index in [-0.39, 0.29) is 5.92 Å². The fourth-order valence-corrected chi connectivity index (χ4v) is 4.26. The van der Waals surface area contributed by atoms with Gasteiger partial charge < -0.3 is 4.74 Å². The van der Waals surface area contributed by atoms with Gasteiger partial charge in [0.1, 0.15) is 5.55 Å². The van der Waals surface area contributed by atoms with Gasteiger partial charge in [-0.15, -0.1) is 0 Å². The summed E-state index contributed by atoms with van der Waals surface area (Å²) in [6.45, 7) is 1.85. The number of methoxy groups -OCH3 is 1. The number of thioether (sulfide) groups is 1. The van der Waals surface area contributed by atoms with Crippen LogP contribution in [-0.2, 0) is 5.54 Å². The second kappa shape index (κ2) is 4.66. The minimum atomic E-state index is -2.38. The summed E-state index contributed by atoms with van der Waals surface area (Å²) in [5.41, 5.74) is 2.66. The van der Waals surface area contributed by atoms with Crippen LogP contribution >= 0.6 is 27.7 Å². The smallest absolute Gasteiger partial charge is 0.253 e. The lowest BCUT2D eigenvalue weighted by molar-refractivity contribution is 0.124. The number of alkyl halides is 2. The lowest BCUT2D eigenvalue weighted by Crippen LogP contribution is -2.34. The Labute approximate surface area is 128 Å². The van der Waals surface area contributed by atoms with Gasteiger partial charge in [0.2, 0.25) is 5.88 Å². The highest BCUT2D eigenvalue weighted by atomic mass is 79.9. The molecule has 7 heteroatoms. The van der Waals surface area contributed by atoms with Gasteiger partial charge in [0.05, 0.1) is 17.4 Å². The predicted molar refractivity (Wildman–Crippen MR) is 77.7 cm³/mol. The van der Waals surface area contributed by atoms with Crippen LogP contribution in [0.25, 0.3) is 0 Å². The second-order valence-electron chi connectivity index (χ2n) is 5.18. The van der Waals surface area contributed by atoms with E-state index in [2.05, 4.69) is 31.5 Å². The molecule has 0 aromatic carbocycles. The number of rotatable bonds is 3. The van der Waals surface area contributed by atoms with Crippen molar-refractivity contribution in [1.29, 1.82) is 0 Å². The minimum absolute atomic E-state index is 0.230. The van der Waals surface area contributed by atoms with Crippen molar-refractivity contribution in [3.05, 3.63) is 22.3 Å². The zero-order valence-corrected chi connectivity index (χ0v) is 13.3. The number of aromatic nitrogens is 1. The first-order chi connectivity index (χ1) is 9.44. The molecule has 0 N–H and O–H groups in total. The molecule has 1 aliphatic carbocycles. The van der Waals surface area contributed by atoms with E-state index in [4.69, 9.17) is 4.74 Å². The van der Waals surface area contributed by atoms with Gasteiger partial charge in [-0.1, -0.05) is 11.8 Å². The quantitative estimate of drug-likeness (QED) is 0.822. The van der Waals surface area contributed by atoms with Gasteiger partial charge in [-0.3, -0.25) is 4.99 Å². The highest BCUT2D eigenvalue weighted by Gasteiger charge is 2.70. The Kier molecular flexibility index (Phi) is 3.32. The van der Waals surface area contributed by atoms with Crippen LogP contribution in [0.2, 0.25) is 0 Å².